The maximum absolute atomic E-state index is 9.90. The van der Waals surface area contributed by atoms with Gasteiger partial charge in [-0.05, 0) is 68.2 Å². The molecule has 0 aromatic carbocycles. The second-order valence-electron chi connectivity index (χ2n) is 11.0. The third-order valence-electron chi connectivity index (χ3n) is 5.60. The summed E-state index contributed by atoms with van der Waals surface area (Å²) >= 11 is 0. The Hall–Kier alpha value is -1.42. The standard InChI is InChI=1S/C24H50O9.C6H10O4/c1-17(26)10-27-19(3)12-29-21(5)14-31-23(7)16-33-24(8)15-32-22(6)13-30-20(4)11-28-18(2)9-25;7-5(8)3-1-2-4-6(9)10/h17-26H,9-16H2,1-8H3;1-4H2,(H,7,8)(H,9,10). The number of ether oxygens (including phenoxy) is 7. The molecule has 4 N–H and O–H groups in total. The van der Waals surface area contributed by atoms with Gasteiger partial charge in [-0.1, -0.05) is 0 Å². The summed E-state index contributed by atoms with van der Waals surface area (Å²) in [4.78, 5) is 19.8. The van der Waals surface area contributed by atoms with E-state index < -0.39 is 18.0 Å². The highest BCUT2D eigenvalue weighted by atomic mass is 16.6. The van der Waals surface area contributed by atoms with Crippen molar-refractivity contribution in [3.63, 3.8) is 0 Å². The van der Waals surface area contributed by atoms with Crippen LogP contribution in [-0.4, -0.2) is 134 Å². The van der Waals surface area contributed by atoms with Crippen LogP contribution >= 0.6 is 0 Å². The molecule has 0 radical (unpaired) electrons. The molecule has 0 rings (SSSR count). The second kappa shape index (κ2) is 28.1. The summed E-state index contributed by atoms with van der Waals surface area (Å²) in [5.41, 5.74) is 0. The summed E-state index contributed by atoms with van der Waals surface area (Å²) in [5.74, 6) is -1.74. The number of hydrogen-bond donors (Lipinski definition) is 4. The lowest BCUT2D eigenvalue weighted by molar-refractivity contribution is -0.139. The highest BCUT2D eigenvalue weighted by molar-refractivity contribution is 5.67. The van der Waals surface area contributed by atoms with Crippen molar-refractivity contribution in [2.45, 2.75) is 130 Å². The lowest BCUT2D eigenvalue weighted by atomic mass is 10.2. The Morgan fingerprint density at radius 2 is 0.698 bits per heavy atom. The third kappa shape index (κ3) is 33.3. The van der Waals surface area contributed by atoms with Crippen molar-refractivity contribution >= 4 is 11.9 Å². The molecule has 0 amide bonds. The van der Waals surface area contributed by atoms with Crippen molar-refractivity contribution in [2.24, 2.45) is 0 Å². The lowest BCUT2D eigenvalue weighted by Crippen LogP contribution is -2.30. The first kappa shape index (κ1) is 43.7. The van der Waals surface area contributed by atoms with Gasteiger partial charge in [-0.3, -0.25) is 9.59 Å². The SMILES string of the molecule is CC(O)COC(C)COC(C)COC(C)COC(C)COC(C)COC(C)COC(C)CO.O=C(O)CCCCC(=O)O. The molecule has 0 aliphatic rings. The van der Waals surface area contributed by atoms with Gasteiger partial charge in [0.15, 0.2) is 0 Å². The van der Waals surface area contributed by atoms with Gasteiger partial charge in [-0.2, -0.15) is 0 Å². The number of aliphatic hydroxyl groups is 2. The average Bonchev–Trinajstić information content (AvgIpc) is 2.95. The van der Waals surface area contributed by atoms with Crippen molar-refractivity contribution < 1.29 is 63.2 Å². The van der Waals surface area contributed by atoms with Gasteiger partial charge < -0.3 is 53.6 Å². The van der Waals surface area contributed by atoms with Crippen LogP contribution < -0.4 is 0 Å². The van der Waals surface area contributed by atoms with Gasteiger partial charge in [0, 0.05) is 12.8 Å². The smallest absolute Gasteiger partial charge is 0.303 e. The van der Waals surface area contributed by atoms with Gasteiger partial charge >= 0.3 is 11.9 Å². The fourth-order valence-corrected chi connectivity index (χ4v) is 3.00. The molecule has 0 saturated carbocycles. The molecule has 0 aliphatic heterocycles. The number of carboxylic acid groups (broad SMARTS) is 2. The van der Waals surface area contributed by atoms with E-state index in [9.17, 15) is 14.7 Å². The van der Waals surface area contributed by atoms with E-state index in [-0.39, 0.29) is 62.2 Å². The third-order valence-corrected chi connectivity index (χ3v) is 5.60. The van der Waals surface area contributed by atoms with Crippen LogP contribution in [0.2, 0.25) is 0 Å². The predicted octanol–water partition coefficient (Wildman–Crippen LogP) is 2.91. The molecule has 0 aromatic rings. The molecule has 0 aliphatic carbocycles. The van der Waals surface area contributed by atoms with Gasteiger partial charge in [0.2, 0.25) is 0 Å². The van der Waals surface area contributed by atoms with E-state index in [1.165, 1.54) is 0 Å². The predicted molar refractivity (Wildman–Crippen MR) is 160 cm³/mol. The number of carbonyl (C=O) groups is 2. The fourth-order valence-electron chi connectivity index (χ4n) is 3.00. The van der Waals surface area contributed by atoms with E-state index in [0.29, 0.717) is 59.1 Å². The number of unbranched alkanes of at least 4 members (excludes halogenated alkanes) is 1. The van der Waals surface area contributed by atoms with Gasteiger partial charge in [0.25, 0.3) is 0 Å². The summed E-state index contributed by atoms with van der Waals surface area (Å²) in [5, 5.41) is 34.5. The number of aliphatic carboxylic acids is 2. The first-order valence-electron chi connectivity index (χ1n) is 15.2. The molecule has 8 unspecified atom stereocenters. The Morgan fingerprint density at radius 3 is 0.907 bits per heavy atom. The van der Waals surface area contributed by atoms with E-state index in [2.05, 4.69) is 0 Å². The first-order valence-corrected chi connectivity index (χ1v) is 15.2. The van der Waals surface area contributed by atoms with Gasteiger partial charge in [-0.25, -0.2) is 0 Å². The van der Waals surface area contributed by atoms with Crippen LogP contribution in [0, 0.1) is 0 Å². The van der Waals surface area contributed by atoms with Gasteiger partial charge in [0.05, 0.1) is 102 Å². The highest BCUT2D eigenvalue weighted by Gasteiger charge is 2.14. The minimum Gasteiger partial charge on any atom is -0.481 e. The zero-order valence-corrected chi connectivity index (χ0v) is 27.6. The van der Waals surface area contributed by atoms with Crippen molar-refractivity contribution in [2.75, 3.05) is 52.9 Å². The normalized spacial score (nSPS) is 17.1. The Kier molecular flexibility index (Phi) is 28.5. The van der Waals surface area contributed by atoms with Gasteiger partial charge in [0.1, 0.15) is 0 Å². The Labute approximate surface area is 258 Å². The summed E-state index contributed by atoms with van der Waals surface area (Å²) in [6, 6.07) is 0. The van der Waals surface area contributed by atoms with E-state index in [4.69, 9.17) is 48.5 Å². The second-order valence-corrected chi connectivity index (χ2v) is 11.0. The van der Waals surface area contributed by atoms with E-state index >= 15 is 0 Å². The summed E-state index contributed by atoms with van der Waals surface area (Å²) in [6.07, 6.45) is -0.0482. The molecule has 0 spiro atoms. The molecule has 258 valence electrons. The molecular weight excluding hydrogens is 568 g/mol. The minimum atomic E-state index is -0.870. The number of rotatable bonds is 27. The quantitative estimate of drug-likeness (QED) is 0.0977. The van der Waals surface area contributed by atoms with Crippen LogP contribution in [-0.2, 0) is 42.7 Å². The minimum absolute atomic E-state index is 0.000849. The Bertz CT molecular complexity index is 648. The topological polar surface area (TPSA) is 180 Å². The monoisotopic (exact) mass is 628 g/mol. The van der Waals surface area contributed by atoms with Crippen LogP contribution in [0.5, 0.6) is 0 Å². The summed E-state index contributed by atoms with van der Waals surface area (Å²) in [7, 11) is 0. The number of carboxylic acids is 2. The molecule has 13 nitrogen and oxygen atoms in total. The maximum Gasteiger partial charge on any atom is 0.303 e. The summed E-state index contributed by atoms with van der Waals surface area (Å²) < 4.78 is 39.8. The molecule has 0 heterocycles. The van der Waals surface area contributed by atoms with E-state index in [1.807, 2.05) is 48.5 Å². The number of aliphatic hydroxyl groups excluding tert-OH is 2. The van der Waals surface area contributed by atoms with Crippen molar-refractivity contribution in [3.8, 4) is 0 Å². The maximum atomic E-state index is 9.90. The van der Waals surface area contributed by atoms with E-state index in [1.54, 1.807) is 6.92 Å². The van der Waals surface area contributed by atoms with Crippen molar-refractivity contribution in [1.29, 1.82) is 0 Å². The molecule has 13 heteroatoms. The van der Waals surface area contributed by atoms with Crippen molar-refractivity contribution in [1.82, 2.24) is 0 Å². The molecule has 0 fully saturated rings. The average molecular weight is 629 g/mol. The summed E-state index contributed by atoms with van der Waals surface area (Å²) in [6.45, 7) is 18.2. The Balaban J connectivity index is 0. The van der Waals surface area contributed by atoms with Crippen LogP contribution in [0.4, 0.5) is 0 Å². The zero-order chi connectivity index (χ0) is 33.2. The Morgan fingerprint density at radius 1 is 0.465 bits per heavy atom. The van der Waals surface area contributed by atoms with E-state index in [0.717, 1.165) is 0 Å². The van der Waals surface area contributed by atoms with Crippen LogP contribution in [0.1, 0.15) is 81.1 Å². The highest BCUT2D eigenvalue weighted by Crippen LogP contribution is 2.05. The molecule has 43 heavy (non-hydrogen) atoms. The molecular formula is C30H60O13. The molecule has 8 atom stereocenters. The molecule has 0 saturated heterocycles. The lowest BCUT2D eigenvalue weighted by Gasteiger charge is -2.22. The zero-order valence-electron chi connectivity index (χ0n) is 27.6. The first-order chi connectivity index (χ1) is 20.2. The van der Waals surface area contributed by atoms with Crippen LogP contribution in [0.3, 0.4) is 0 Å². The van der Waals surface area contributed by atoms with Gasteiger partial charge in [-0.15, -0.1) is 0 Å². The van der Waals surface area contributed by atoms with Crippen LogP contribution in [0.25, 0.3) is 0 Å². The van der Waals surface area contributed by atoms with Crippen LogP contribution in [0.15, 0.2) is 0 Å². The largest absolute Gasteiger partial charge is 0.481 e. The molecule has 0 aromatic heterocycles. The fraction of sp³-hybridized carbons (Fsp3) is 0.933. The molecule has 0 bridgehead atoms. The number of hydrogen-bond acceptors (Lipinski definition) is 11. The van der Waals surface area contributed by atoms with Crippen molar-refractivity contribution in [3.05, 3.63) is 0 Å².